The Labute approximate surface area is 112 Å². The van der Waals surface area contributed by atoms with Gasteiger partial charge in [0.1, 0.15) is 5.82 Å². The second-order valence-corrected chi connectivity index (χ2v) is 4.56. The largest absolute Gasteiger partial charge is 0.326 e. The minimum absolute atomic E-state index is 0.0417. The van der Waals surface area contributed by atoms with Crippen LogP contribution in [0.25, 0.3) is 0 Å². The van der Waals surface area contributed by atoms with Gasteiger partial charge >= 0.3 is 0 Å². The van der Waals surface area contributed by atoms with Gasteiger partial charge in [0.05, 0.1) is 6.42 Å². The van der Waals surface area contributed by atoms with Crippen LogP contribution in [0.5, 0.6) is 0 Å². The lowest BCUT2D eigenvalue weighted by Gasteiger charge is -2.10. The number of hydrogen-bond donors (Lipinski definition) is 1. The Morgan fingerprint density at radius 2 is 1.84 bits per heavy atom. The minimum atomic E-state index is -0.349. The summed E-state index contributed by atoms with van der Waals surface area (Å²) in [5.74, 6) is -0.558. The summed E-state index contributed by atoms with van der Waals surface area (Å²) in [6, 6.07) is 12.0. The molecular formula is C16H16FNO. The third-order valence-corrected chi connectivity index (χ3v) is 3.19. The second kappa shape index (κ2) is 5.65. The molecule has 2 aromatic rings. The first-order valence-corrected chi connectivity index (χ1v) is 6.17. The van der Waals surface area contributed by atoms with Crippen molar-refractivity contribution in [3.8, 4) is 0 Å². The molecular weight excluding hydrogens is 241 g/mol. The molecule has 2 nitrogen and oxygen atoms in total. The van der Waals surface area contributed by atoms with Crippen LogP contribution in [0.2, 0.25) is 0 Å². The quantitative estimate of drug-likeness (QED) is 0.894. The zero-order valence-corrected chi connectivity index (χ0v) is 11.0. The lowest BCUT2D eigenvalue weighted by atomic mass is 10.1. The van der Waals surface area contributed by atoms with Gasteiger partial charge in [-0.05, 0) is 42.7 Å². The van der Waals surface area contributed by atoms with Crippen molar-refractivity contribution in [1.29, 1.82) is 0 Å². The summed E-state index contributed by atoms with van der Waals surface area (Å²) in [6.07, 6.45) is 0.0417. The van der Waals surface area contributed by atoms with Crippen molar-refractivity contribution in [1.82, 2.24) is 0 Å². The highest BCUT2D eigenvalue weighted by Crippen LogP contribution is 2.18. The molecule has 0 heterocycles. The molecule has 0 saturated carbocycles. The second-order valence-electron chi connectivity index (χ2n) is 4.56. The SMILES string of the molecule is Cc1cccc(NC(=O)Cc2ccccc2F)c1C. The molecule has 0 radical (unpaired) electrons. The Hall–Kier alpha value is -2.16. The van der Waals surface area contributed by atoms with Crippen LogP contribution in [0.3, 0.4) is 0 Å². The zero-order chi connectivity index (χ0) is 13.8. The molecule has 0 unspecified atom stereocenters. The van der Waals surface area contributed by atoms with E-state index in [1.165, 1.54) is 6.07 Å². The number of rotatable bonds is 3. The van der Waals surface area contributed by atoms with E-state index < -0.39 is 0 Å². The maximum atomic E-state index is 13.5. The van der Waals surface area contributed by atoms with Gasteiger partial charge in [0.2, 0.25) is 5.91 Å². The highest BCUT2D eigenvalue weighted by atomic mass is 19.1. The van der Waals surface area contributed by atoms with Crippen LogP contribution < -0.4 is 5.32 Å². The standard InChI is InChI=1S/C16H16FNO/c1-11-6-5-9-15(12(11)2)18-16(19)10-13-7-3-4-8-14(13)17/h3-9H,10H2,1-2H3,(H,18,19). The fraction of sp³-hybridized carbons (Fsp3) is 0.188. The molecule has 98 valence electrons. The molecule has 0 atom stereocenters. The molecule has 0 aliphatic rings. The van der Waals surface area contributed by atoms with Gasteiger partial charge in [0.25, 0.3) is 0 Å². The zero-order valence-electron chi connectivity index (χ0n) is 11.0. The third kappa shape index (κ3) is 3.19. The molecule has 1 N–H and O–H groups in total. The monoisotopic (exact) mass is 257 g/mol. The van der Waals surface area contributed by atoms with E-state index in [0.717, 1.165) is 16.8 Å². The molecule has 0 bridgehead atoms. The molecule has 0 saturated heterocycles. The van der Waals surface area contributed by atoms with Crippen LogP contribution in [-0.2, 0) is 11.2 Å². The summed E-state index contributed by atoms with van der Waals surface area (Å²) < 4.78 is 13.5. The maximum Gasteiger partial charge on any atom is 0.228 e. The van der Waals surface area contributed by atoms with E-state index in [1.54, 1.807) is 18.2 Å². The van der Waals surface area contributed by atoms with Gasteiger partial charge in [0.15, 0.2) is 0 Å². The highest BCUT2D eigenvalue weighted by molar-refractivity contribution is 5.93. The molecule has 2 aromatic carbocycles. The van der Waals surface area contributed by atoms with Crippen molar-refractivity contribution in [2.45, 2.75) is 20.3 Å². The molecule has 1 amide bonds. The Kier molecular flexibility index (Phi) is 3.95. The van der Waals surface area contributed by atoms with Crippen molar-refractivity contribution in [3.05, 3.63) is 65.0 Å². The normalized spacial score (nSPS) is 10.3. The Bertz CT molecular complexity index is 607. The van der Waals surface area contributed by atoms with Gasteiger partial charge in [-0.2, -0.15) is 0 Å². The Morgan fingerprint density at radius 1 is 1.11 bits per heavy atom. The van der Waals surface area contributed by atoms with Crippen molar-refractivity contribution >= 4 is 11.6 Å². The number of anilines is 1. The first-order chi connectivity index (χ1) is 9.08. The molecule has 0 aliphatic heterocycles. The fourth-order valence-corrected chi connectivity index (χ4v) is 1.90. The fourth-order valence-electron chi connectivity index (χ4n) is 1.90. The minimum Gasteiger partial charge on any atom is -0.326 e. The number of aryl methyl sites for hydroxylation is 1. The van der Waals surface area contributed by atoms with Crippen molar-refractivity contribution in [2.75, 3.05) is 5.32 Å². The van der Waals surface area contributed by atoms with Crippen molar-refractivity contribution < 1.29 is 9.18 Å². The van der Waals surface area contributed by atoms with Gasteiger partial charge in [-0.3, -0.25) is 4.79 Å². The van der Waals surface area contributed by atoms with Crippen LogP contribution in [0, 0.1) is 19.7 Å². The molecule has 3 heteroatoms. The summed E-state index contributed by atoms with van der Waals surface area (Å²) in [5.41, 5.74) is 3.33. The van der Waals surface area contributed by atoms with Crippen LogP contribution in [0.15, 0.2) is 42.5 Å². The number of hydrogen-bond acceptors (Lipinski definition) is 1. The summed E-state index contributed by atoms with van der Waals surface area (Å²) in [7, 11) is 0. The molecule has 19 heavy (non-hydrogen) atoms. The van der Waals surface area contributed by atoms with Gasteiger partial charge in [-0.15, -0.1) is 0 Å². The smallest absolute Gasteiger partial charge is 0.228 e. The average molecular weight is 257 g/mol. The number of halogens is 1. The molecule has 0 spiro atoms. The lowest BCUT2D eigenvalue weighted by Crippen LogP contribution is -2.16. The van der Waals surface area contributed by atoms with E-state index in [-0.39, 0.29) is 18.1 Å². The number of carbonyl (C=O) groups excluding carboxylic acids is 1. The molecule has 0 aromatic heterocycles. The number of benzene rings is 2. The van der Waals surface area contributed by atoms with E-state index >= 15 is 0 Å². The summed E-state index contributed by atoms with van der Waals surface area (Å²) >= 11 is 0. The van der Waals surface area contributed by atoms with E-state index in [4.69, 9.17) is 0 Å². The van der Waals surface area contributed by atoms with E-state index in [1.807, 2.05) is 32.0 Å². The summed E-state index contributed by atoms with van der Waals surface area (Å²) in [6.45, 7) is 3.94. The van der Waals surface area contributed by atoms with E-state index in [2.05, 4.69) is 5.32 Å². The average Bonchev–Trinajstić information content (AvgIpc) is 2.38. The summed E-state index contributed by atoms with van der Waals surface area (Å²) in [4.78, 5) is 11.9. The first kappa shape index (κ1) is 13.3. The predicted molar refractivity (Wildman–Crippen MR) is 74.6 cm³/mol. The Morgan fingerprint density at radius 3 is 2.58 bits per heavy atom. The molecule has 2 rings (SSSR count). The lowest BCUT2D eigenvalue weighted by molar-refractivity contribution is -0.115. The first-order valence-electron chi connectivity index (χ1n) is 6.17. The maximum absolute atomic E-state index is 13.5. The predicted octanol–water partition coefficient (Wildman–Crippen LogP) is 3.62. The Balaban J connectivity index is 2.10. The van der Waals surface area contributed by atoms with Crippen molar-refractivity contribution in [3.63, 3.8) is 0 Å². The van der Waals surface area contributed by atoms with Gasteiger partial charge < -0.3 is 5.32 Å². The highest BCUT2D eigenvalue weighted by Gasteiger charge is 2.09. The van der Waals surface area contributed by atoms with Gasteiger partial charge in [0, 0.05) is 5.69 Å². The van der Waals surface area contributed by atoms with Crippen LogP contribution in [-0.4, -0.2) is 5.91 Å². The van der Waals surface area contributed by atoms with Crippen LogP contribution in [0.1, 0.15) is 16.7 Å². The van der Waals surface area contributed by atoms with Crippen molar-refractivity contribution in [2.24, 2.45) is 0 Å². The number of carbonyl (C=O) groups is 1. The number of nitrogens with one attached hydrogen (secondary N) is 1. The molecule has 0 fully saturated rings. The molecule has 0 aliphatic carbocycles. The van der Waals surface area contributed by atoms with E-state index in [0.29, 0.717) is 5.56 Å². The van der Waals surface area contributed by atoms with Gasteiger partial charge in [-0.25, -0.2) is 4.39 Å². The topological polar surface area (TPSA) is 29.1 Å². The summed E-state index contributed by atoms with van der Waals surface area (Å²) in [5, 5.41) is 2.82. The van der Waals surface area contributed by atoms with Crippen LogP contribution >= 0.6 is 0 Å². The van der Waals surface area contributed by atoms with Crippen LogP contribution in [0.4, 0.5) is 10.1 Å². The van der Waals surface area contributed by atoms with E-state index in [9.17, 15) is 9.18 Å². The van der Waals surface area contributed by atoms with Gasteiger partial charge in [-0.1, -0.05) is 30.3 Å². The third-order valence-electron chi connectivity index (χ3n) is 3.19. The number of amides is 1.